The third kappa shape index (κ3) is 4.43. The first-order valence-electron chi connectivity index (χ1n) is 7.52. The number of esters is 1. The minimum absolute atomic E-state index is 0.265. The van der Waals surface area contributed by atoms with E-state index >= 15 is 0 Å². The highest BCUT2D eigenvalue weighted by Gasteiger charge is 2.20. The van der Waals surface area contributed by atoms with Crippen LogP contribution in [0, 0.1) is 0 Å². The third-order valence-electron chi connectivity index (χ3n) is 3.50. The molecule has 0 amide bonds. The number of methoxy groups -OCH3 is 2. The molecule has 0 N–H and O–H groups in total. The summed E-state index contributed by atoms with van der Waals surface area (Å²) < 4.78 is 15.4. The van der Waals surface area contributed by atoms with Crippen LogP contribution >= 0.6 is 0 Å². The zero-order valence-corrected chi connectivity index (χ0v) is 13.9. The Morgan fingerprint density at radius 1 is 1.00 bits per heavy atom. The lowest BCUT2D eigenvalue weighted by atomic mass is 10.1. The number of carbonyl (C=O) groups is 2. The maximum Gasteiger partial charge on any atom is 0.338 e. The van der Waals surface area contributed by atoms with Gasteiger partial charge in [-0.05, 0) is 48.9 Å². The Hall–Kier alpha value is -2.66. The van der Waals surface area contributed by atoms with Crippen LogP contribution in [0.2, 0.25) is 0 Å². The molecule has 24 heavy (non-hydrogen) atoms. The number of ketones is 1. The van der Waals surface area contributed by atoms with Crippen LogP contribution < -0.4 is 4.74 Å². The predicted molar refractivity (Wildman–Crippen MR) is 89.4 cm³/mol. The van der Waals surface area contributed by atoms with Crippen LogP contribution in [0.3, 0.4) is 0 Å². The molecule has 2 aromatic rings. The smallest absolute Gasteiger partial charge is 0.338 e. The van der Waals surface area contributed by atoms with Crippen LogP contribution in [-0.2, 0) is 16.1 Å². The molecule has 0 heterocycles. The average molecular weight is 328 g/mol. The zero-order valence-electron chi connectivity index (χ0n) is 13.9. The van der Waals surface area contributed by atoms with E-state index in [0.717, 1.165) is 5.56 Å². The number of hydrogen-bond acceptors (Lipinski definition) is 5. The summed E-state index contributed by atoms with van der Waals surface area (Å²) in [6, 6.07) is 13.6. The van der Waals surface area contributed by atoms with Crippen LogP contribution in [-0.4, -0.2) is 32.1 Å². The molecule has 5 heteroatoms. The summed E-state index contributed by atoms with van der Waals surface area (Å²) in [5.41, 5.74) is 1.71. The molecule has 0 radical (unpaired) electrons. The lowest BCUT2D eigenvalue weighted by Crippen LogP contribution is -2.24. The van der Waals surface area contributed by atoms with Crippen molar-refractivity contribution in [2.45, 2.75) is 19.6 Å². The van der Waals surface area contributed by atoms with Crippen molar-refractivity contribution in [3.05, 3.63) is 65.2 Å². The molecule has 0 bridgehead atoms. The Bertz CT molecular complexity index is 706. The van der Waals surface area contributed by atoms with E-state index < -0.39 is 12.1 Å². The molecular weight excluding hydrogens is 308 g/mol. The van der Waals surface area contributed by atoms with Gasteiger partial charge in [0.25, 0.3) is 0 Å². The van der Waals surface area contributed by atoms with E-state index in [1.165, 1.54) is 0 Å². The Kier molecular flexibility index (Phi) is 6.09. The standard InChI is InChI=1S/C19H20O5/c1-13(18(20)15-7-9-17(23-3)10-8-15)24-19(21)16-6-4-5-14(11-16)12-22-2/h4-11,13H,12H2,1-3H3. The molecule has 2 aromatic carbocycles. The fraction of sp³-hybridized carbons (Fsp3) is 0.263. The number of benzene rings is 2. The number of carbonyl (C=O) groups excluding carboxylic acids is 2. The summed E-state index contributed by atoms with van der Waals surface area (Å²) in [7, 11) is 3.14. The van der Waals surface area contributed by atoms with Gasteiger partial charge in [0.15, 0.2) is 6.10 Å². The van der Waals surface area contributed by atoms with Crippen LogP contribution in [0.4, 0.5) is 0 Å². The summed E-state index contributed by atoms with van der Waals surface area (Å²) in [6.07, 6.45) is -0.878. The van der Waals surface area contributed by atoms with E-state index in [4.69, 9.17) is 14.2 Å². The molecule has 0 saturated heterocycles. The summed E-state index contributed by atoms with van der Waals surface area (Å²) in [5, 5.41) is 0. The van der Waals surface area contributed by atoms with E-state index in [0.29, 0.717) is 23.5 Å². The highest BCUT2D eigenvalue weighted by molar-refractivity contribution is 6.01. The predicted octanol–water partition coefficient (Wildman–Crippen LogP) is 3.27. The Labute approximate surface area is 141 Å². The molecule has 0 fully saturated rings. The second-order valence-corrected chi connectivity index (χ2v) is 5.27. The van der Waals surface area contributed by atoms with Gasteiger partial charge in [-0.25, -0.2) is 4.79 Å². The molecule has 1 atom stereocenters. The van der Waals surface area contributed by atoms with Gasteiger partial charge in [-0.15, -0.1) is 0 Å². The Balaban J connectivity index is 2.04. The van der Waals surface area contributed by atoms with E-state index in [9.17, 15) is 9.59 Å². The molecule has 126 valence electrons. The van der Waals surface area contributed by atoms with Gasteiger partial charge in [-0.3, -0.25) is 4.79 Å². The highest BCUT2D eigenvalue weighted by Crippen LogP contribution is 2.15. The summed E-state index contributed by atoms with van der Waals surface area (Å²) >= 11 is 0. The molecule has 0 saturated carbocycles. The molecule has 0 aliphatic rings. The fourth-order valence-corrected chi connectivity index (χ4v) is 2.23. The molecule has 0 aromatic heterocycles. The van der Waals surface area contributed by atoms with Crippen molar-refractivity contribution in [3.8, 4) is 5.75 Å². The third-order valence-corrected chi connectivity index (χ3v) is 3.50. The van der Waals surface area contributed by atoms with Gasteiger partial charge in [0, 0.05) is 12.7 Å². The Morgan fingerprint density at radius 3 is 2.33 bits per heavy atom. The van der Waals surface area contributed by atoms with Crippen LogP contribution in [0.15, 0.2) is 48.5 Å². The number of ether oxygens (including phenoxy) is 3. The lowest BCUT2D eigenvalue weighted by molar-refractivity contribution is 0.0318. The van der Waals surface area contributed by atoms with Gasteiger partial charge in [0.1, 0.15) is 5.75 Å². The first kappa shape index (κ1) is 17.7. The van der Waals surface area contributed by atoms with Crippen LogP contribution in [0.5, 0.6) is 5.75 Å². The normalized spacial score (nSPS) is 11.6. The van der Waals surface area contributed by atoms with Crippen LogP contribution in [0.25, 0.3) is 0 Å². The number of Topliss-reactive ketones (excluding diaryl/α,β-unsaturated/α-hetero) is 1. The number of hydrogen-bond donors (Lipinski definition) is 0. The minimum Gasteiger partial charge on any atom is -0.497 e. The average Bonchev–Trinajstić information content (AvgIpc) is 2.61. The first-order valence-corrected chi connectivity index (χ1v) is 7.52. The second kappa shape index (κ2) is 8.26. The highest BCUT2D eigenvalue weighted by atomic mass is 16.5. The van der Waals surface area contributed by atoms with E-state index in [1.807, 2.05) is 6.07 Å². The largest absolute Gasteiger partial charge is 0.497 e. The summed E-state index contributed by atoms with van der Waals surface area (Å²) in [5.74, 6) is -0.146. The van der Waals surface area contributed by atoms with E-state index in [-0.39, 0.29) is 5.78 Å². The van der Waals surface area contributed by atoms with Gasteiger partial charge < -0.3 is 14.2 Å². The van der Waals surface area contributed by atoms with Gasteiger partial charge in [-0.1, -0.05) is 12.1 Å². The van der Waals surface area contributed by atoms with Gasteiger partial charge in [0.05, 0.1) is 19.3 Å². The van der Waals surface area contributed by atoms with Crippen molar-refractivity contribution in [1.82, 2.24) is 0 Å². The van der Waals surface area contributed by atoms with Gasteiger partial charge >= 0.3 is 5.97 Å². The van der Waals surface area contributed by atoms with Crippen molar-refractivity contribution in [3.63, 3.8) is 0 Å². The van der Waals surface area contributed by atoms with Crippen molar-refractivity contribution in [2.75, 3.05) is 14.2 Å². The van der Waals surface area contributed by atoms with Gasteiger partial charge in [-0.2, -0.15) is 0 Å². The molecular formula is C19H20O5. The molecule has 0 spiro atoms. The SMILES string of the molecule is COCc1cccc(C(=O)OC(C)C(=O)c2ccc(OC)cc2)c1. The van der Waals surface area contributed by atoms with Crippen molar-refractivity contribution in [2.24, 2.45) is 0 Å². The maximum absolute atomic E-state index is 12.3. The summed E-state index contributed by atoms with van der Waals surface area (Å²) in [6.45, 7) is 1.96. The molecule has 2 rings (SSSR count). The van der Waals surface area contributed by atoms with Crippen molar-refractivity contribution < 1.29 is 23.8 Å². The van der Waals surface area contributed by atoms with Gasteiger partial charge in [0.2, 0.25) is 5.78 Å². The Morgan fingerprint density at radius 2 is 1.71 bits per heavy atom. The molecule has 1 unspecified atom stereocenters. The molecule has 0 aliphatic carbocycles. The monoisotopic (exact) mass is 328 g/mol. The zero-order chi connectivity index (χ0) is 17.5. The lowest BCUT2D eigenvalue weighted by Gasteiger charge is -2.13. The minimum atomic E-state index is -0.878. The first-order chi connectivity index (χ1) is 11.5. The van der Waals surface area contributed by atoms with E-state index in [1.54, 1.807) is 63.6 Å². The molecule has 0 aliphatic heterocycles. The summed E-state index contributed by atoms with van der Waals surface area (Å²) in [4.78, 5) is 24.6. The quantitative estimate of drug-likeness (QED) is 0.576. The fourth-order valence-electron chi connectivity index (χ4n) is 2.23. The van der Waals surface area contributed by atoms with Crippen LogP contribution in [0.1, 0.15) is 33.2 Å². The van der Waals surface area contributed by atoms with E-state index in [2.05, 4.69) is 0 Å². The van der Waals surface area contributed by atoms with Crippen molar-refractivity contribution in [1.29, 1.82) is 0 Å². The topological polar surface area (TPSA) is 61.8 Å². The maximum atomic E-state index is 12.3. The number of rotatable bonds is 7. The molecule has 5 nitrogen and oxygen atoms in total. The second-order valence-electron chi connectivity index (χ2n) is 5.27. The van der Waals surface area contributed by atoms with Crippen molar-refractivity contribution >= 4 is 11.8 Å².